The summed E-state index contributed by atoms with van der Waals surface area (Å²) in [4.78, 5) is -0.0410. The second kappa shape index (κ2) is 4.49. The molecule has 0 unspecified atom stereocenters. The summed E-state index contributed by atoms with van der Waals surface area (Å²) in [5.74, 6) is -0.354. The molecule has 1 rings (SSSR count). The zero-order chi connectivity index (χ0) is 10.8. The van der Waals surface area contributed by atoms with Gasteiger partial charge in [0, 0.05) is 0 Å². The molecule has 1 aromatic carbocycles. The van der Waals surface area contributed by atoms with Crippen LogP contribution in [0.4, 0.5) is 0 Å². The highest BCUT2D eigenvalue weighted by Gasteiger charge is 2.18. The van der Waals surface area contributed by atoms with E-state index in [1.54, 1.807) is 0 Å². The van der Waals surface area contributed by atoms with E-state index in [9.17, 15) is 8.42 Å². The molecule has 0 atom stereocenters. The first kappa shape index (κ1) is 11.8. The molecule has 0 saturated carbocycles. The van der Waals surface area contributed by atoms with Crippen LogP contribution in [0.3, 0.4) is 0 Å². The van der Waals surface area contributed by atoms with E-state index < -0.39 is 16.4 Å². The van der Waals surface area contributed by atoms with Gasteiger partial charge in [-0.05, 0) is 12.1 Å². The van der Waals surface area contributed by atoms with Gasteiger partial charge < -0.3 is 5.11 Å². The summed E-state index contributed by atoms with van der Waals surface area (Å²) in [6.45, 7) is -0.439. The molecule has 14 heavy (non-hydrogen) atoms. The van der Waals surface area contributed by atoms with Crippen LogP contribution < -0.4 is 0 Å². The molecule has 0 amide bonds. The Bertz CT molecular complexity index is 428. The van der Waals surface area contributed by atoms with Crippen LogP contribution in [-0.2, 0) is 9.84 Å². The smallest absolute Gasteiger partial charge is 0.182 e. The van der Waals surface area contributed by atoms with Gasteiger partial charge in [-0.15, -0.1) is 0 Å². The Morgan fingerprint density at radius 1 is 1.29 bits per heavy atom. The number of rotatable bonds is 3. The summed E-state index contributed by atoms with van der Waals surface area (Å²) < 4.78 is 23.0. The highest BCUT2D eigenvalue weighted by molar-refractivity contribution is 7.91. The zero-order valence-electron chi connectivity index (χ0n) is 7.07. The van der Waals surface area contributed by atoms with Crippen molar-refractivity contribution in [3.05, 3.63) is 28.2 Å². The van der Waals surface area contributed by atoms with Crippen molar-refractivity contribution in [1.82, 2.24) is 0 Å². The first-order valence-electron chi connectivity index (χ1n) is 3.76. The van der Waals surface area contributed by atoms with Gasteiger partial charge in [0.15, 0.2) is 9.84 Å². The molecule has 78 valence electrons. The van der Waals surface area contributed by atoms with Crippen molar-refractivity contribution in [2.24, 2.45) is 0 Å². The standard InChI is InChI=1S/C8H8Cl2O3S/c9-6-2-1-3-7(8(6)10)14(12,13)5-4-11/h1-3,11H,4-5H2. The lowest BCUT2D eigenvalue weighted by atomic mass is 10.4. The third kappa shape index (κ3) is 2.39. The number of aliphatic hydroxyl groups is 1. The highest BCUT2D eigenvalue weighted by atomic mass is 35.5. The molecule has 0 saturated heterocycles. The van der Waals surface area contributed by atoms with Crippen molar-refractivity contribution in [3.8, 4) is 0 Å². The summed E-state index contributed by atoms with van der Waals surface area (Å²) in [5, 5.41) is 8.76. The van der Waals surface area contributed by atoms with Crippen LogP contribution in [0.25, 0.3) is 0 Å². The molecule has 6 heteroatoms. The Balaban J connectivity index is 3.27. The van der Waals surface area contributed by atoms with E-state index in [1.165, 1.54) is 18.2 Å². The maximum atomic E-state index is 11.5. The number of hydrogen-bond acceptors (Lipinski definition) is 3. The molecule has 0 aliphatic rings. The Morgan fingerprint density at radius 3 is 2.50 bits per heavy atom. The molecule has 0 radical (unpaired) electrons. The van der Waals surface area contributed by atoms with E-state index in [0.717, 1.165) is 0 Å². The van der Waals surface area contributed by atoms with Crippen LogP contribution in [0.2, 0.25) is 10.0 Å². The molecule has 0 spiro atoms. The highest BCUT2D eigenvalue weighted by Crippen LogP contribution is 2.29. The average Bonchev–Trinajstić information content (AvgIpc) is 2.09. The van der Waals surface area contributed by atoms with E-state index in [2.05, 4.69) is 0 Å². The molecule has 0 aromatic heterocycles. The molecule has 1 aromatic rings. The molecule has 0 fully saturated rings. The van der Waals surface area contributed by atoms with Gasteiger partial charge in [-0.2, -0.15) is 0 Å². The molecule has 0 bridgehead atoms. The molecule has 1 N–H and O–H groups in total. The molecule has 0 aliphatic heterocycles. The van der Waals surface area contributed by atoms with Gasteiger partial charge in [0.05, 0.1) is 27.3 Å². The molecule has 3 nitrogen and oxygen atoms in total. The van der Waals surface area contributed by atoms with Crippen molar-refractivity contribution >= 4 is 33.0 Å². The zero-order valence-corrected chi connectivity index (χ0v) is 9.40. The summed E-state index contributed by atoms with van der Waals surface area (Å²) in [6.07, 6.45) is 0. The van der Waals surface area contributed by atoms with E-state index in [-0.39, 0.29) is 20.7 Å². The van der Waals surface area contributed by atoms with Gasteiger partial charge in [-0.25, -0.2) is 8.42 Å². The van der Waals surface area contributed by atoms with Crippen molar-refractivity contribution in [1.29, 1.82) is 0 Å². The Hall–Kier alpha value is -0.290. The van der Waals surface area contributed by atoms with Gasteiger partial charge in [0.2, 0.25) is 0 Å². The lowest BCUT2D eigenvalue weighted by molar-refractivity contribution is 0.319. The average molecular weight is 255 g/mol. The van der Waals surface area contributed by atoms with E-state index in [0.29, 0.717) is 0 Å². The molecule has 0 heterocycles. The van der Waals surface area contributed by atoms with Gasteiger partial charge in [0.1, 0.15) is 0 Å². The largest absolute Gasteiger partial charge is 0.395 e. The topological polar surface area (TPSA) is 54.4 Å². The SMILES string of the molecule is O=S(=O)(CCO)c1cccc(Cl)c1Cl. The van der Waals surface area contributed by atoms with Crippen molar-refractivity contribution in [2.45, 2.75) is 4.90 Å². The Labute approximate surface area is 92.2 Å². The van der Waals surface area contributed by atoms with E-state index in [1.807, 2.05) is 0 Å². The van der Waals surface area contributed by atoms with Crippen LogP contribution in [0.15, 0.2) is 23.1 Å². The third-order valence-corrected chi connectivity index (χ3v) is 4.27. The lowest BCUT2D eigenvalue weighted by Gasteiger charge is -2.05. The molecular weight excluding hydrogens is 247 g/mol. The fourth-order valence-corrected chi connectivity index (χ4v) is 2.79. The number of benzene rings is 1. The summed E-state index contributed by atoms with van der Waals surface area (Å²) in [5.41, 5.74) is 0. The maximum absolute atomic E-state index is 11.5. The van der Waals surface area contributed by atoms with Crippen molar-refractivity contribution in [3.63, 3.8) is 0 Å². The first-order valence-corrected chi connectivity index (χ1v) is 6.17. The van der Waals surface area contributed by atoms with Crippen LogP contribution in [0.1, 0.15) is 0 Å². The maximum Gasteiger partial charge on any atom is 0.182 e. The number of halogens is 2. The van der Waals surface area contributed by atoms with E-state index in [4.69, 9.17) is 28.3 Å². The fourth-order valence-electron chi connectivity index (χ4n) is 0.954. The predicted octanol–water partition coefficient (Wildman–Crippen LogP) is 1.76. The Kier molecular flexibility index (Phi) is 3.78. The van der Waals surface area contributed by atoms with E-state index >= 15 is 0 Å². The summed E-state index contributed by atoms with van der Waals surface area (Å²) >= 11 is 11.4. The van der Waals surface area contributed by atoms with Gasteiger partial charge in [0.25, 0.3) is 0 Å². The normalized spacial score (nSPS) is 11.6. The summed E-state index contributed by atoms with van der Waals surface area (Å²) in [6, 6.07) is 4.36. The quantitative estimate of drug-likeness (QED) is 0.895. The first-order chi connectivity index (χ1) is 6.49. The minimum Gasteiger partial charge on any atom is -0.395 e. The van der Waals surface area contributed by atoms with Gasteiger partial charge in [-0.1, -0.05) is 29.3 Å². The predicted molar refractivity (Wildman–Crippen MR) is 55.6 cm³/mol. The molecular formula is C8H8Cl2O3S. The van der Waals surface area contributed by atoms with Crippen LogP contribution in [-0.4, -0.2) is 25.9 Å². The van der Waals surface area contributed by atoms with Crippen LogP contribution >= 0.6 is 23.2 Å². The Morgan fingerprint density at radius 2 is 1.93 bits per heavy atom. The van der Waals surface area contributed by atoms with Crippen molar-refractivity contribution in [2.75, 3.05) is 12.4 Å². The number of hydrogen-bond donors (Lipinski definition) is 1. The van der Waals surface area contributed by atoms with Gasteiger partial charge in [-0.3, -0.25) is 0 Å². The second-order valence-corrected chi connectivity index (χ2v) is 5.46. The van der Waals surface area contributed by atoms with Gasteiger partial charge >= 0.3 is 0 Å². The minimum atomic E-state index is -3.53. The fraction of sp³-hybridized carbons (Fsp3) is 0.250. The minimum absolute atomic E-state index is 0.00242. The number of sulfone groups is 1. The molecule has 0 aliphatic carbocycles. The van der Waals surface area contributed by atoms with Crippen LogP contribution in [0.5, 0.6) is 0 Å². The summed E-state index contributed by atoms with van der Waals surface area (Å²) in [7, 11) is -3.53. The number of aliphatic hydroxyl groups excluding tert-OH is 1. The van der Waals surface area contributed by atoms with Crippen molar-refractivity contribution < 1.29 is 13.5 Å². The lowest BCUT2D eigenvalue weighted by Crippen LogP contribution is -2.10. The second-order valence-electron chi connectivity index (χ2n) is 2.59. The third-order valence-electron chi connectivity index (χ3n) is 1.61. The van der Waals surface area contributed by atoms with Crippen LogP contribution in [0, 0.1) is 0 Å². The monoisotopic (exact) mass is 254 g/mol.